The summed E-state index contributed by atoms with van der Waals surface area (Å²) in [6, 6.07) is 3.37. The summed E-state index contributed by atoms with van der Waals surface area (Å²) in [5.74, 6) is -0.539. The van der Waals surface area contributed by atoms with Crippen LogP contribution in [0.2, 0.25) is 0 Å². The molecule has 1 atom stereocenters. The minimum absolute atomic E-state index is 0.207. The molecule has 1 unspecified atom stereocenters. The van der Waals surface area contributed by atoms with Gasteiger partial charge in [-0.15, -0.1) is 0 Å². The number of carboxylic acids is 1. The molecule has 1 amide bonds. The van der Waals surface area contributed by atoms with E-state index < -0.39 is 18.2 Å². The Kier molecular flexibility index (Phi) is 2.32. The van der Waals surface area contributed by atoms with E-state index in [4.69, 9.17) is 14.3 Å². The third kappa shape index (κ3) is 1.93. The first-order chi connectivity index (χ1) is 7.16. The molecule has 1 aromatic rings. The van der Waals surface area contributed by atoms with Gasteiger partial charge in [0.15, 0.2) is 6.10 Å². The smallest absolute Gasteiger partial charge is 0.411 e. The number of ether oxygens (including phenoxy) is 1. The van der Waals surface area contributed by atoms with Crippen molar-refractivity contribution in [2.75, 3.05) is 13.1 Å². The molecule has 6 heteroatoms. The molecular formula is C9H9NO5. The molecule has 0 radical (unpaired) electrons. The highest BCUT2D eigenvalue weighted by Gasteiger charge is 2.34. The third-order valence-corrected chi connectivity index (χ3v) is 2.07. The second-order valence-corrected chi connectivity index (χ2v) is 3.16. The molecule has 2 heterocycles. The summed E-state index contributed by atoms with van der Waals surface area (Å²) in [4.78, 5) is 22.8. The highest BCUT2D eigenvalue weighted by Crippen LogP contribution is 2.25. The fourth-order valence-corrected chi connectivity index (χ4v) is 1.42. The van der Waals surface area contributed by atoms with Crippen LogP contribution < -0.4 is 0 Å². The van der Waals surface area contributed by atoms with Crippen molar-refractivity contribution in [3.8, 4) is 0 Å². The van der Waals surface area contributed by atoms with Crippen LogP contribution in [0.4, 0.5) is 4.79 Å². The predicted molar refractivity (Wildman–Crippen MR) is 47.1 cm³/mol. The van der Waals surface area contributed by atoms with Gasteiger partial charge in [-0.1, -0.05) is 0 Å². The molecule has 1 fully saturated rings. The summed E-state index contributed by atoms with van der Waals surface area (Å²) < 4.78 is 10.0. The normalized spacial score (nSPS) is 20.4. The standard InChI is InChI=1S/C9H9NO5/c11-8(12)5-10-4-7(15-9(10)13)6-2-1-3-14-6/h1-3,7H,4-5H2,(H,11,12). The minimum atomic E-state index is -1.06. The quantitative estimate of drug-likeness (QED) is 0.801. The lowest BCUT2D eigenvalue weighted by atomic mass is 10.3. The highest BCUT2D eigenvalue weighted by atomic mass is 16.6. The number of cyclic esters (lactones) is 1. The molecular weight excluding hydrogens is 202 g/mol. The van der Waals surface area contributed by atoms with Crippen molar-refractivity contribution in [2.45, 2.75) is 6.10 Å². The Morgan fingerprint density at radius 1 is 1.67 bits per heavy atom. The minimum Gasteiger partial charge on any atom is -0.480 e. The van der Waals surface area contributed by atoms with Gasteiger partial charge in [-0.3, -0.25) is 9.69 Å². The van der Waals surface area contributed by atoms with Crippen molar-refractivity contribution >= 4 is 12.1 Å². The first-order valence-corrected chi connectivity index (χ1v) is 4.37. The van der Waals surface area contributed by atoms with Crippen molar-refractivity contribution in [1.82, 2.24) is 4.90 Å². The van der Waals surface area contributed by atoms with Crippen molar-refractivity contribution in [3.63, 3.8) is 0 Å². The summed E-state index contributed by atoms with van der Waals surface area (Å²) in [6.45, 7) is -0.144. The number of hydrogen-bond acceptors (Lipinski definition) is 4. The molecule has 6 nitrogen and oxygen atoms in total. The number of carboxylic acid groups (broad SMARTS) is 1. The molecule has 1 aliphatic heterocycles. The van der Waals surface area contributed by atoms with E-state index in [9.17, 15) is 9.59 Å². The van der Waals surface area contributed by atoms with Crippen LogP contribution in [0.25, 0.3) is 0 Å². The van der Waals surface area contributed by atoms with E-state index in [0.717, 1.165) is 4.90 Å². The Labute approximate surface area is 85.0 Å². The monoisotopic (exact) mass is 211 g/mol. The molecule has 1 aliphatic rings. The highest BCUT2D eigenvalue weighted by molar-refractivity contribution is 5.78. The van der Waals surface area contributed by atoms with Gasteiger partial charge < -0.3 is 14.3 Å². The summed E-state index contributed by atoms with van der Waals surface area (Å²) in [5, 5.41) is 8.54. The molecule has 15 heavy (non-hydrogen) atoms. The molecule has 1 N–H and O–H groups in total. The van der Waals surface area contributed by atoms with Crippen LogP contribution in [0, 0.1) is 0 Å². The van der Waals surface area contributed by atoms with Gasteiger partial charge in [-0.2, -0.15) is 0 Å². The Bertz CT molecular complexity index is 372. The number of aliphatic carboxylic acids is 1. The van der Waals surface area contributed by atoms with Crippen molar-refractivity contribution in [3.05, 3.63) is 24.2 Å². The summed E-state index contributed by atoms with van der Waals surface area (Å²) in [6.07, 6.45) is 0.342. The molecule has 0 bridgehead atoms. The Morgan fingerprint density at radius 2 is 2.47 bits per heavy atom. The number of carbonyl (C=O) groups is 2. The average molecular weight is 211 g/mol. The van der Waals surface area contributed by atoms with Gasteiger partial charge in [0.1, 0.15) is 12.3 Å². The largest absolute Gasteiger partial charge is 0.480 e. The second-order valence-electron chi connectivity index (χ2n) is 3.16. The average Bonchev–Trinajstić information content (AvgIpc) is 2.75. The predicted octanol–water partition coefficient (Wildman–Crippen LogP) is 0.858. The fraction of sp³-hybridized carbons (Fsp3) is 0.333. The van der Waals surface area contributed by atoms with Crippen LogP contribution in [0.1, 0.15) is 11.9 Å². The third-order valence-electron chi connectivity index (χ3n) is 2.07. The van der Waals surface area contributed by atoms with Gasteiger partial charge in [0.25, 0.3) is 0 Å². The lowest BCUT2D eigenvalue weighted by Gasteiger charge is -2.07. The molecule has 0 spiro atoms. The Morgan fingerprint density at radius 3 is 3.07 bits per heavy atom. The van der Waals surface area contributed by atoms with Crippen molar-refractivity contribution in [1.29, 1.82) is 0 Å². The van der Waals surface area contributed by atoms with Gasteiger partial charge in [0.05, 0.1) is 12.8 Å². The summed E-state index contributed by atoms with van der Waals surface area (Å²) in [5.41, 5.74) is 0. The first-order valence-electron chi connectivity index (χ1n) is 4.37. The maximum Gasteiger partial charge on any atom is 0.411 e. The van der Waals surface area contributed by atoms with Crippen LogP contribution in [0.15, 0.2) is 22.8 Å². The van der Waals surface area contributed by atoms with Crippen molar-refractivity contribution < 1.29 is 23.8 Å². The molecule has 2 rings (SSSR count). The Balaban J connectivity index is 2.04. The van der Waals surface area contributed by atoms with Crippen LogP contribution in [0.5, 0.6) is 0 Å². The summed E-state index contributed by atoms with van der Waals surface area (Å²) in [7, 11) is 0. The van der Waals surface area contributed by atoms with E-state index in [1.165, 1.54) is 6.26 Å². The summed E-state index contributed by atoms with van der Waals surface area (Å²) >= 11 is 0. The molecule has 1 aromatic heterocycles. The fourth-order valence-electron chi connectivity index (χ4n) is 1.42. The first kappa shape index (κ1) is 9.57. The van der Waals surface area contributed by atoms with Gasteiger partial charge in [-0.25, -0.2) is 4.79 Å². The maximum atomic E-state index is 11.2. The van der Waals surface area contributed by atoms with Gasteiger partial charge in [0.2, 0.25) is 0 Å². The molecule has 0 aliphatic carbocycles. The number of rotatable bonds is 3. The number of carbonyl (C=O) groups excluding carboxylic acids is 1. The zero-order valence-corrected chi connectivity index (χ0v) is 7.75. The van der Waals surface area contributed by atoms with E-state index in [0.29, 0.717) is 5.76 Å². The van der Waals surface area contributed by atoms with E-state index in [2.05, 4.69) is 0 Å². The Hall–Kier alpha value is -1.98. The van der Waals surface area contributed by atoms with Crippen molar-refractivity contribution in [2.24, 2.45) is 0 Å². The molecule has 0 saturated carbocycles. The zero-order chi connectivity index (χ0) is 10.8. The van der Waals surface area contributed by atoms with Gasteiger partial charge in [-0.05, 0) is 12.1 Å². The van der Waals surface area contributed by atoms with Crippen LogP contribution in [-0.2, 0) is 9.53 Å². The number of hydrogen-bond donors (Lipinski definition) is 1. The molecule has 1 saturated heterocycles. The molecule has 80 valence electrons. The number of amides is 1. The van der Waals surface area contributed by atoms with E-state index in [1.807, 2.05) is 0 Å². The van der Waals surface area contributed by atoms with Crippen LogP contribution in [0.3, 0.4) is 0 Å². The lowest BCUT2D eigenvalue weighted by molar-refractivity contribution is -0.137. The van der Waals surface area contributed by atoms with Crippen LogP contribution >= 0.6 is 0 Å². The van der Waals surface area contributed by atoms with Gasteiger partial charge in [0, 0.05) is 0 Å². The topological polar surface area (TPSA) is 80.0 Å². The number of furan rings is 1. The van der Waals surface area contributed by atoms with E-state index in [-0.39, 0.29) is 13.1 Å². The molecule has 0 aromatic carbocycles. The SMILES string of the molecule is O=C(O)CN1CC(c2ccco2)OC1=O. The maximum absolute atomic E-state index is 11.2. The van der Waals surface area contributed by atoms with Crippen LogP contribution in [-0.4, -0.2) is 35.2 Å². The van der Waals surface area contributed by atoms with Gasteiger partial charge >= 0.3 is 12.1 Å². The van der Waals surface area contributed by atoms with E-state index >= 15 is 0 Å². The number of nitrogens with zero attached hydrogens (tertiary/aromatic N) is 1. The lowest BCUT2D eigenvalue weighted by Crippen LogP contribution is -2.30. The zero-order valence-electron chi connectivity index (χ0n) is 7.75. The van der Waals surface area contributed by atoms with E-state index in [1.54, 1.807) is 12.1 Å². The second kappa shape index (κ2) is 3.64.